The van der Waals surface area contributed by atoms with Crippen LogP contribution in [0.15, 0.2) is 0 Å². The van der Waals surface area contributed by atoms with Crippen LogP contribution in [0.3, 0.4) is 0 Å². The summed E-state index contributed by atoms with van der Waals surface area (Å²) >= 11 is 0. The summed E-state index contributed by atoms with van der Waals surface area (Å²) in [4.78, 5) is 9.57. The summed E-state index contributed by atoms with van der Waals surface area (Å²) in [5.41, 5.74) is 0. The van der Waals surface area contributed by atoms with E-state index in [4.69, 9.17) is 4.74 Å². The Hall–Kier alpha value is -0.980. The van der Waals surface area contributed by atoms with Crippen LogP contribution >= 0.6 is 0 Å². The Bertz CT molecular complexity index is 435. The van der Waals surface area contributed by atoms with Gasteiger partial charge in [-0.15, -0.1) is 0 Å². The number of hydrogen-bond acceptors (Lipinski definition) is 5. The molecule has 0 amide bonds. The Morgan fingerprint density at radius 2 is 1.95 bits per heavy atom. The minimum atomic E-state index is 0.306. The molecule has 0 aliphatic carbocycles. The topological polar surface area (TPSA) is 57.3 Å². The first kappa shape index (κ1) is 14.9. The number of nitrogens with one attached hydrogen (secondary N) is 1. The van der Waals surface area contributed by atoms with Gasteiger partial charge in [-0.25, -0.2) is 4.98 Å². The first-order valence-corrected chi connectivity index (χ1v) is 8.15. The standard InChI is InChI=1S/C15H27N5O/c1-12(15-16-13(2)17-18-15)20-7-5-19(6-8-20)11-14-3-9-21-10-4-14/h12,14H,3-11H2,1-2H3,(H,16,17,18). The fraction of sp³-hybridized carbons (Fsp3) is 0.867. The molecule has 2 aliphatic heterocycles. The molecule has 118 valence electrons. The molecule has 1 aromatic heterocycles. The molecule has 1 aromatic rings. The molecule has 2 saturated heterocycles. The van der Waals surface area contributed by atoms with Gasteiger partial charge in [-0.2, -0.15) is 5.10 Å². The van der Waals surface area contributed by atoms with Gasteiger partial charge in [0.05, 0.1) is 6.04 Å². The van der Waals surface area contributed by atoms with E-state index < -0.39 is 0 Å². The van der Waals surface area contributed by atoms with Crippen LogP contribution in [0.1, 0.15) is 37.5 Å². The molecule has 1 unspecified atom stereocenters. The highest BCUT2D eigenvalue weighted by molar-refractivity contribution is 4.95. The smallest absolute Gasteiger partial charge is 0.167 e. The van der Waals surface area contributed by atoms with Gasteiger partial charge in [0.25, 0.3) is 0 Å². The van der Waals surface area contributed by atoms with Crippen LogP contribution in [0, 0.1) is 12.8 Å². The molecule has 0 saturated carbocycles. The van der Waals surface area contributed by atoms with Gasteiger partial charge in [0.1, 0.15) is 5.82 Å². The van der Waals surface area contributed by atoms with Crippen molar-refractivity contribution in [1.82, 2.24) is 25.0 Å². The van der Waals surface area contributed by atoms with Gasteiger partial charge in [0.2, 0.25) is 0 Å². The lowest BCUT2D eigenvalue weighted by atomic mass is 9.99. The lowest BCUT2D eigenvalue weighted by Gasteiger charge is -2.39. The number of ether oxygens (including phenoxy) is 1. The van der Waals surface area contributed by atoms with Crippen LogP contribution in [-0.2, 0) is 4.74 Å². The Labute approximate surface area is 126 Å². The number of aromatic nitrogens is 3. The second-order valence-electron chi connectivity index (χ2n) is 6.35. The zero-order valence-corrected chi connectivity index (χ0v) is 13.2. The van der Waals surface area contributed by atoms with E-state index in [0.29, 0.717) is 6.04 Å². The van der Waals surface area contributed by atoms with Crippen molar-refractivity contribution in [3.63, 3.8) is 0 Å². The summed E-state index contributed by atoms with van der Waals surface area (Å²) in [7, 11) is 0. The van der Waals surface area contributed by atoms with Crippen molar-refractivity contribution in [2.75, 3.05) is 45.9 Å². The molecule has 0 bridgehead atoms. The quantitative estimate of drug-likeness (QED) is 0.904. The molecule has 0 aromatic carbocycles. The fourth-order valence-corrected chi connectivity index (χ4v) is 3.34. The molecule has 0 spiro atoms. The maximum atomic E-state index is 5.44. The van der Waals surface area contributed by atoms with Crippen molar-refractivity contribution in [1.29, 1.82) is 0 Å². The van der Waals surface area contributed by atoms with Gasteiger partial charge in [-0.3, -0.25) is 10.00 Å². The summed E-state index contributed by atoms with van der Waals surface area (Å²) < 4.78 is 5.44. The molecule has 3 rings (SSSR count). The lowest BCUT2D eigenvalue weighted by Crippen LogP contribution is -2.48. The molecule has 0 radical (unpaired) electrons. The van der Waals surface area contributed by atoms with Gasteiger partial charge in [-0.1, -0.05) is 0 Å². The first-order valence-electron chi connectivity index (χ1n) is 8.15. The third-order valence-corrected chi connectivity index (χ3v) is 4.80. The Morgan fingerprint density at radius 3 is 2.57 bits per heavy atom. The minimum Gasteiger partial charge on any atom is -0.381 e. The summed E-state index contributed by atoms with van der Waals surface area (Å²) in [6, 6.07) is 0.306. The van der Waals surface area contributed by atoms with Crippen molar-refractivity contribution < 1.29 is 4.74 Å². The molecule has 1 atom stereocenters. The number of H-pyrrole nitrogens is 1. The Morgan fingerprint density at radius 1 is 1.24 bits per heavy atom. The second-order valence-corrected chi connectivity index (χ2v) is 6.35. The average molecular weight is 293 g/mol. The highest BCUT2D eigenvalue weighted by atomic mass is 16.5. The van der Waals surface area contributed by atoms with Crippen LogP contribution in [0.2, 0.25) is 0 Å². The van der Waals surface area contributed by atoms with E-state index in [0.717, 1.165) is 57.0 Å². The third kappa shape index (κ3) is 3.81. The van der Waals surface area contributed by atoms with Gasteiger partial charge < -0.3 is 9.64 Å². The van der Waals surface area contributed by atoms with Crippen LogP contribution in [0.25, 0.3) is 0 Å². The monoisotopic (exact) mass is 293 g/mol. The second kappa shape index (κ2) is 6.85. The number of piperazine rings is 1. The maximum Gasteiger partial charge on any atom is 0.167 e. The summed E-state index contributed by atoms with van der Waals surface area (Å²) in [6.45, 7) is 11.8. The van der Waals surface area contributed by atoms with Crippen molar-refractivity contribution in [2.45, 2.75) is 32.7 Å². The first-order chi connectivity index (χ1) is 10.2. The summed E-state index contributed by atoms with van der Waals surface area (Å²) in [5.74, 6) is 2.65. The van der Waals surface area contributed by atoms with Gasteiger partial charge in [0.15, 0.2) is 5.82 Å². The zero-order valence-electron chi connectivity index (χ0n) is 13.2. The fourth-order valence-electron chi connectivity index (χ4n) is 3.34. The minimum absolute atomic E-state index is 0.306. The number of hydrogen-bond donors (Lipinski definition) is 1. The van der Waals surface area contributed by atoms with Crippen LogP contribution in [0.5, 0.6) is 0 Å². The summed E-state index contributed by atoms with van der Waals surface area (Å²) in [5, 5.41) is 7.24. The van der Waals surface area contributed by atoms with Gasteiger partial charge in [0, 0.05) is 45.9 Å². The van der Waals surface area contributed by atoms with Gasteiger partial charge >= 0.3 is 0 Å². The van der Waals surface area contributed by atoms with Crippen LogP contribution in [0.4, 0.5) is 0 Å². The molecule has 1 N–H and O–H groups in total. The molecule has 6 nitrogen and oxygen atoms in total. The highest BCUT2D eigenvalue weighted by Gasteiger charge is 2.26. The average Bonchev–Trinajstić information content (AvgIpc) is 2.95. The largest absolute Gasteiger partial charge is 0.381 e. The Kier molecular flexibility index (Phi) is 4.87. The highest BCUT2D eigenvalue weighted by Crippen LogP contribution is 2.21. The molecule has 21 heavy (non-hydrogen) atoms. The van der Waals surface area contributed by atoms with E-state index >= 15 is 0 Å². The molecular formula is C15H27N5O. The van der Waals surface area contributed by atoms with Crippen molar-refractivity contribution in [3.05, 3.63) is 11.6 Å². The number of rotatable bonds is 4. The predicted octanol–water partition coefficient (Wildman–Crippen LogP) is 1.22. The number of nitrogens with zero attached hydrogens (tertiary/aromatic N) is 4. The SMILES string of the molecule is Cc1nc(C(C)N2CCN(CC3CCOCC3)CC2)n[nH]1. The van der Waals surface area contributed by atoms with E-state index in [9.17, 15) is 0 Å². The van der Waals surface area contributed by atoms with E-state index in [-0.39, 0.29) is 0 Å². The molecule has 6 heteroatoms. The van der Waals surface area contributed by atoms with Crippen LogP contribution in [-0.4, -0.2) is 70.9 Å². The number of aryl methyl sites for hydroxylation is 1. The molecular weight excluding hydrogens is 266 g/mol. The molecule has 2 fully saturated rings. The van der Waals surface area contributed by atoms with Crippen molar-refractivity contribution in [2.24, 2.45) is 5.92 Å². The zero-order chi connectivity index (χ0) is 14.7. The predicted molar refractivity (Wildman–Crippen MR) is 81.1 cm³/mol. The van der Waals surface area contributed by atoms with Crippen molar-refractivity contribution >= 4 is 0 Å². The van der Waals surface area contributed by atoms with E-state index in [1.807, 2.05) is 6.92 Å². The normalized spacial score (nSPS) is 24.3. The number of aromatic amines is 1. The lowest BCUT2D eigenvalue weighted by molar-refractivity contribution is 0.0370. The third-order valence-electron chi connectivity index (χ3n) is 4.80. The summed E-state index contributed by atoms with van der Waals surface area (Å²) in [6.07, 6.45) is 2.46. The molecule has 3 heterocycles. The van der Waals surface area contributed by atoms with E-state index in [1.165, 1.54) is 19.4 Å². The Balaban J connectivity index is 1.46. The van der Waals surface area contributed by atoms with E-state index in [1.54, 1.807) is 0 Å². The van der Waals surface area contributed by atoms with Crippen LogP contribution < -0.4 is 0 Å². The molecule has 2 aliphatic rings. The maximum absolute atomic E-state index is 5.44. The van der Waals surface area contributed by atoms with E-state index in [2.05, 4.69) is 31.9 Å². The van der Waals surface area contributed by atoms with Crippen molar-refractivity contribution in [3.8, 4) is 0 Å². The van der Waals surface area contributed by atoms with Gasteiger partial charge in [-0.05, 0) is 32.6 Å².